The molecule has 1 unspecified atom stereocenters. The Balaban J connectivity index is 1.93. The van der Waals surface area contributed by atoms with Crippen LogP contribution >= 0.6 is 0 Å². The molecule has 2 saturated carbocycles. The fraction of sp³-hybridized carbons (Fsp3) is 0.950. The summed E-state index contributed by atoms with van der Waals surface area (Å²) in [6, 6.07) is 0. The van der Waals surface area contributed by atoms with Gasteiger partial charge in [0.15, 0.2) is 0 Å². The Morgan fingerprint density at radius 1 is 1.00 bits per heavy atom. The second-order valence-corrected chi connectivity index (χ2v) is 8.21. The number of carbonyl (C=O) groups is 1. The molecule has 2 rings (SSSR count). The molecule has 2 aliphatic carbocycles. The molecule has 3 nitrogen and oxygen atoms in total. The number of rotatable bonds is 7. The van der Waals surface area contributed by atoms with Crippen molar-refractivity contribution in [1.82, 2.24) is 0 Å². The fourth-order valence-electron chi connectivity index (χ4n) is 3.67. The summed E-state index contributed by atoms with van der Waals surface area (Å²) >= 11 is 0. The molecule has 0 aromatic heterocycles. The first-order valence-electron chi connectivity index (χ1n) is 9.88. The molecular weight excluding hydrogens is 288 g/mol. The van der Waals surface area contributed by atoms with Gasteiger partial charge in [0, 0.05) is 6.42 Å². The molecule has 0 radical (unpaired) electrons. The minimum absolute atomic E-state index is 0.100. The monoisotopic (exact) mass is 324 g/mol. The van der Waals surface area contributed by atoms with Gasteiger partial charge in [0.05, 0.1) is 11.5 Å². The third-order valence-electron chi connectivity index (χ3n) is 5.82. The zero-order valence-electron chi connectivity index (χ0n) is 15.4. The van der Waals surface area contributed by atoms with Crippen molar-refractivity contribution in [3.63, 3.8) is 0 Å². The summed E-state index contributed by atoms with van der Waals surface area (Å²) in [7, 11) is 0. The number of carbonyl (C=O) groups excluding carboxylic acids is 1. The molecular formula is C20H36O3. The quantitative estimate of drug-likeness (QED) is 0.451. The second kappa shape index (κ2) is 9.05. The summed E-state index contributed by atoms with van der Waals surface area (Å²) in [5, 5.41) is 0. The molecule has 0 amide bonds. The third kappa shape index (κ3) is 6.10. The molecule has 2 aliphatic rings. The van der Waals surface area contributed by atoms with Crippen LogP contribution in [-0.4, -0.2) is 18.4 Å². The van der Waals surface area contributed by atoms with Crippen LogP contribution in [0.15, 0.2) is 0 Å². The minimum Gasteiger partial charge on any atom is -0.435 e. The summed E-state index contributed by atoms with van der Waals surface area (Å²) in [6.07, 6.45) is 14.2. The molecule has 0 aromatic rings. The van der Waals surface area contributed by atoms with E-state index in [-0.39, 0.29) is 18.4 Å². The van der Waals surface area contributed by atoms with Gasteiger partial charge in [-0.2, -0.15) is 0 Å². The SMILES string of the molecule is CCC(C)(C)C(=O)OC(CC1CCCCC1)OC1CCCCC1. The van der Waals surface area contributed by atoms with Crippen molar-refractivity contribution in [1.29, 1.82) is 0 Å². The average Bonchev–Trinajstić information content (AvgIpc) is 2.56. The smallest absolute Gasteiger partial charge is 0.313 e. The Bertz CT molecular complexity index is 332. The highest BCUT2D eigenvalue weighted by molar-refractivity contribution is 5.75. The van der Waals surface area contributed by atoms with Crippen molar-refractivity contribution >= 4 is 5.97 Å². The van der Waals surface area contributed by atoms with E-state index in [9.17, 15) is 4.79 Å². The molecule has 1 atom stereocenters. The van der Waals surface area contributed by atoms with Crippen molar-refractivity contribution in [3.8, 4) is 0 Å². The topological polar surface area (TPSA) is 35.5 Å². The summed E-state index contributed by atoms with van der Waals surface area (Å²) < 4.78 is 12.1. The Kier molecular flexibility index (Phi) is 7.39. The van der Waals surface area contributed by atoms with Gasteiger partial charge >= 0.3 is 5.97 Å². The molecule has 23 heavy (non-hydrogen) atoms. The van der Waals surface area contributed by atoms with E-state index in [1.807, 2.05) is 20.8 Å². The van der Waals surface area contributed by atoms with Crippen LogP contribution in [0.4, 0.5) is 0 Å². The maximum absolute atomic E-state index is 12.5. The first-order chi connectivity index (χ1) is 11.0. The number of hydrogen-bond acceptors (Lipinski definition) is 3. The van der Waals surface area contributed by atoms with Gasteiger partial charge in [0.1, 0.15) is 0 Å². The summed E-state index contributed by atoms with van der Waals surface area (Å²) in [5.74, 6) is 0.562. The molecule has 2 fully saturated rings. The van der Waals surface area contributed by atoms with Crippen molar-refractivity contribution in [3.05, 3.63) is 0 Å². The van der Waals surface area contributed by atoms with E-state index in [2.05, 4.69) is 0 Å². The number of esters is 1. The highest BCUT2D eigenvalue weighted by Crippen LogP contribution is 2.32. The van der Waals surface area contributed by atoms with E-state index in [1.165, 1.54) is 51.4 Å². The Morgan fingerprint density at radius 2 is 1.57 bits per heavy atom. The second-order valence-electron chi connectivity index (χ2n) is 8.21. The van der Waals surface area contributed by atoms with Crippen molar-refractivity contribution in [2.75, 3.05) is 0 Å². The highest BCUT2D eigenvalue weighted by Gasteiger charge is 2.32. The van der Waals surface area contributed by atoms with Gasteiger partial charge in [-0.15, -0.1) is 0 Å². The lowest BCUT2D eigenvalue weighted by molar-refractivity contribution is -0.206. The summed E-state index contributed by atoms with van der Waals surface area (Å²) in [6.45, 7) is 5.97. The van der Waals surface area contributed by atoms with Crippen LogP contribution in [0.2, 0.25) is 0 Å². The minimum atomic E-state index is -0.416. The Labute approximate surface area is 142 Å². The Hall–Kier alpha value is -0.570. The molecule has 134 valence electrons. The van der Waals surface area contributed by atoms with Gasteiger partial charge in [-0.05, 0) is 39.0 Å². The summed E-state index contributed by atoms with van der Waals surface area (Å²) in [4.78, 5) is 12.5. The first kappa shape index (κ1) is 18.8. The summed E-state index contributed by atoms with van der Waals surface area (Å²) in [5.41, 5.74) is -0.416. The van der Waals surface area contributed by atoms with E-state index in [4.69, 9.17) is 9.47 Å². The van der Waals surface area contributed by atoms with Crippen molar-refractivity contribution in [2.45, 2.75) is 110 Å². The van der Waals surface area contributed by atoms with Crippen molar-refractivity contribution in [2.24, 2.45) is 11.3 Å². The standard InChI is InChI=1S/C20H36O3/c1-4-20(2,3)19(21)23-18(15-16-11-7-5-8-12-16)22-17-13-9-6-10-14-17/h16-18H,4-15H2,1-3H3. The predicted octanol–water partition coefficient (Wildman–Crippen LogP) is 5.61. The lowest BCUT2D eigenvalue weighted by Crippen LogP contribution is -2.35. The van der Waals surface area contributed by atoms with Crippen LogP contribution in [0.1, 0.15) is 97.8 Å². The van der Waals surface area contributed by atoms with Gasteiger partial charge in [0.2, 0.25) is 6.29 Å². The number of hydrogen-bond donors (Lipinski definition) is 0. The molecule has 0 aliphatic heterocycles. The van der Waals surface area contributed by atoms with Gasteiger partial charge in [-0.1, -0.05) is 58.3 Å². The molecule has 0 saturated heterocycles. The van der Waals surface area contributed by atoms with Gasteiger partial charge in [0.25, 0.3) is 0 Å². The van der Waals surface area contributed by atoms with E-state index < -0.39 is 5.41 Å². The molecule has 0 heterocycles. The molecule has 0 aromatic carbocycles. The van der Waals surface area contributed by atoms with Crippen molar-refractivity contribution < 1.29 is 14.3 Å². The van der Waals surface area contributed by atoms with Gasteiger partial charge in [-0.25, -0.2) is 0 Å². The van der Waals surface area contributed by atoms with E-state index in [0.29, 0.717) is 5.92 Å². The average molecular weight is 325 g/mol. The highest BCUT2D eigenvalue weighted by atomic mass is 16.7. The maximum Gasteiger partial charge on any atom is 0.313 e. The number of ether oxygens (including phenoxy) is 2. The lowest BCUT2D eigenvalue weighted by Gasteiger charge is -2.32. The van der Waals surface area contributed by atoms with E-state index in [1.54, 1.807) is 0 Å². The maximum atomic E-state index is 12.5. The van der Waals surface area contributed by atoms with Crippen LogP contribution in [0, 0.1) is 11.3 Å². The molecule has 3 heteroatoms. The van der Waals surface area contributed by atoms with Gasteiger partial charge < -0.3 is 9.47 Å². The third-order valence-corrected chi connectivity index (χ3v) is 5.82. The normalized spacial score (nSPS) is 22.7. The lowest BCUT2D eigenvalue weighted by atomic mass is 9.86. The van der Waals surface area contributed by atoms with Crippen LogP contribution < -0.4 is 0 Å². The van der Waals surface area contributed by atoms with E-state index in [0.717, 1.165) is 25.7 Å². The van der Waals surface area contributed by atoms with Crippen LogP contribution in [-0.2, 0) is 14.3 Å². The zero-order valence-corrected chi connectivity index (χ0v) is 15.4. The zero-order chi connectivity index (χ0) is 16.7. The van der Waals surface area contributed by atoms with Crippen LogP contribution in [0.25, 0.3) is 0 Å². The largest absolute Gasteiger partial charge is 0.435 e. The fourth-order valence-corrected chi connectivity index (χ4v) is 3.67. The van der Waals surface area contributed by atoms with E-state index >= 15 is 0 Å². The van der Waals surface area contributed by atoms with Crippen LogP contribution in [0.5, 0.6) is 0 Å². The van der Waals surface area contributed by atoms with Crippen LogP contribution in [0.3, 0.4) is 0 Å². The predicted molar refractivity (Wildman–Crippen MR) is 93.1 cm³/mol. The molecule has 0 bridgehead atoms. The first-order valence-corrected chi connectivity index (χ1v) is 9.88. The Morgan fingerprint density at radius 3 is 2.13 bits per heavy atom. The molecule has 0 N–H and O–H groups in total. The van der Waals surface area contributed by atoms with Gasteiger partial charge in [-0.3, -0.25) is 4.79 Å². The molecule has 0 spiro atoms.